The van der Waals surface area contributed by atoms with E-state index in [0.29, 0.717) is 11.6 Å². The van der Waals surface area contributed by atoms with Gasteiger partial charge in [-0.25, -0.2) is 8.42 Å². The Morgan fingerprint density at radius 2 is 1.74 bits per heavy atom. The first-order valence-electron chi connectivity index (χ1n) is 10.8. The zero-order chi connectivity index (χ0) is 25.6. The fourth-order valence-electron chi connectivity index (χ4n) is 3.32. The minimum Gasteiger partial charge on any atom is -0.354 e. The van der Waals surface area contributed by atoms with Crippen molar-refractivity contribution < 1.29 is 18.0 Å². The highest BCUT2D eigenvalue weighted by Crippen LogP contribution is 2.30. The number of benzene rings is 2. The van der Waals surface area contributed by atoms with Crippen LogP contribution in [0.3, 0.4) is 0 Å². The van der Waals surface area contributed by atoms with E-state index in [0.717, 1.165) is 21.7 Å². The van der Waals surface area contributed by atoms with E-state index in [1.54, 1.807) is 6.92 Å². The SMILES string of the molecule is Cc1cccc(CN(C(=O)CN(c2ccc(Cl)cc2Cl)S(C)(=O)=O)[C@H](C)C(=O)NCC(C)C)c1. The van der Waals surface area contributed by atoms with Gasteiger partial charge in [-0.1, -0.05) is 66.9 Å². The van der Waals surface area contributed by atoms with E-state index in [2.05, 4.69) is 5.32 Å². The van der Waals surface area contributed by atoms with Crippen LogP contribution in [0.25, 0.3) is 0 Å². The summed E-state index contributed by atoms with van der Waals surface area (Å²) in [7, 11) is -3.87. The number of halogens is 2. The van der Waals surface area contributed by atoms with Crippen LogP contribution in [0.2, 0.25) is 10.0 Å². The van der Waals surface area contributed by atoms with Gasteiger partial charge in [0.15, 0.2) is 0 Å². The van der Waals surface area contributed by atoms with Crippen LogP contribution in [0.15, 0.2) is 42.5 Å². The first-order chi connectivity index (χ1) is 15.8. The number of carbonyl (C=O) groups is 2. The number of rotatable bonds is 10. The fraction of sp³-hybridized carbons (Fsp3) is 0.417. The molecule has 0 aliphatic rings. The van der Waals surface area contributed by atoms with Crippen LogP contribution in [0.5, 0.6) is 0 Å². The molecule has 0 saturated carbocycles. The summed E-state index contributed by atoms with van der Waals surface area (Å²) in [6.07, 6.45) is 0.995. The van der Waals surface area contributed by atoms with Crippen LogP contribution in [-0.2, 0) is 26.2 Å². The zero-order valence-electron chi connectivity index (χ0n) is 20.0. The summed E-state index contributed by atoms with van der Waals surface area (Å²) in [5.41, 5.74) is 1.97. The average molecular weight is 529 g/mol. The second-order valence-electron chi connectivity index (χ2n) is 8.69. The standard InChI is InChI=1S/C24H31Cl2N3O4S/c1-16(2)13-27-24(31)18(4)28(14-19-8-6-7-17(3)11-19)23(30)15-29(34(5,32)33)22-10-9-20(25)12-21(22)26/h6-12,16,18H,13-15H2,1-5H3,(H,27,31)/t18-/m1/s1. The number of amides is 2. The molecule has 0 unspecified atom stereocenters. The summed E-state index contributed by atoms with van der Waals surface area (Å²) in [6.45, 7) is 7.59. The Morgan fingerprint density at radius 1 is 1.06 bits per heavy atom. The maximum atomic E-state index is 13.5. The second-order valence-corrected chi connectivity index (χ2v) is 11.4. The summed E-state index contributed by atoms with van der Waals surface area (Å²) in [4.78, 5) is 27.7. The normalized spacial score (nSPS) is 12.4. The van der Waals surface area contributed by atoms with Gasteiger partial charge in [0.25, 0.3) is 0 Å². The summed E-state index contributed by atoms with van der Waals surface area (Å²) >= 11 is 12.2. The van der Waals surface area contributed by atoms with E-state index in [4.69, 9.17) is 23.2 Å². The number of sulfonamides is 1. The van der Waals surface area contributed by atoms with Gasteiger partial charge in [-0.3, -0.25) is 13.9 Å². The summed E-state index contributed by atoms with van der Waals surface area (Å²) in [5, 5.41) is 3.28. The van der Waals surface area contributed by atoms with E-state index < -0.39 is 28.5 Å². The molecule has 0 heterocycles. The smallest absolute Gasteiger partial charge is 0.244 e. The Morgan fingerprint density at radius 3 is 2.29 bits per heavy atom. The van der Waals surface area contributed by atoms with E-state index in [1.165, 1.54) is 23.1 Å². The van der Waals surface area contributed by atoms with E-state index >= 15 is 0 Å². The Balaban J connectivity index is 2.40. The molecule has 7 nitrogen and oxygen atoms in total. The van der Waals surface area contributed by atoms with Crippen LogP contribution in [0.4, 0.5) is 5.69 Å². The first-order valence-corrected chi connectivity index (χ1v) is 13.5. The van der Waals surface area contributed by atoms with Crippen LogP contribution in [0.1, 0.15) is 31.9 Å². The quantitative estimate of drug-likeness (QED) is 0.500. The molecule has 0 aliphatic heterocycles. The van der Waals surface area contributed by atoms with Crippen molar-refractivity contribution in [2.45, 2.75) is 40.3 Å². The maximum Gasteiger partial charge on any atom is 0.244 e. The number of nitrogens with zero attached hydrogens (tertiary/aromatic N) is 2. The van der Waals surface area contributed by atoms with Gasteiger partial charge in [-0.05, 0) is 43.5 Å². The maximum absolute atomic E-state index is 13.5. The van der Waals surface area contributed by atoms with Crippen LogP contribution in [-0.4, -0.2) is 50.5 Å². The molecule has 0 aliphatic carbocycles. The third-order valence-electron chi connectivity index (χ3n) is 5.14. The minimum atomic E-state index is -3.87. The third kappa shape index (κ3) is 7.89. The van der Waals surface area contributed by atoms with Crippen molar-refractivity contribution in [2.24, 2.45) is 5.92 Å². The van der Waals surface area contributed by atoms with Crippen molar-refractivity contribution in [1.82, 2.24) is 10.2 Å². The molecular weight excluding hydrogens is 497 g/mol. The highest BCUT2D eigenvalue weighted by Gasteiger charge is 2.30. The monoisotopic (exact) mass is 527 g/mol. The molecule has 2 aromatic rings. The molecule has 1 atom stereocenters. The average Bonchev–Trinajstić information content (AvgIpc) is 2.73. The number of anilines is 1. The molecule has 1 N–H and O–H groups in total. The highest BCUT2D eigenvalue weighted by atomic mass is 35.5. The van der Waals surface area contributed by atoms with Gasteiger partial charge in [-0.15, -0.1) is 0 Å². The summed E-state index contributed by atoms with van der Waals surface area (Å²) in [5.74, 6) is -0.611. The van der Waals surface area contributed by atoms with Crippen LogP contribution < -0.4 is 9.62 Å². The summed E-state index contributed by atoms with van der Waals surface area (Å²) in [6, 6.07) is 11.1. The molecule has 0 radical (unpaired) electrons. The fourth-order valence-corrected chi connectivity index (χ4v) is 4.74. The molecule has 2 rings (SSSR count). The predicted molar refractivity (Wildman–Crippen MR) is 138 cm³/mol. The van der Waals surface area contributed by atoms with Gasteiger partial charge in [0.2, 0.25) is 21.8 Å². The van der Waals surface area contributed by atoms with E-state index in [9.17, 15) is 18.0 Å². The van der Waals surface area contributed by atoms with Crippen molar-refractivity contribution in [1.29, 1.82) is 0 Å². The molecule has 0 saturated heterocycles. The molecule has 0 spiro atoms. The largest absolute Gasteiger partial charge is 0.354 e. The van der Waals surface area contributed by atoms with Crippen LogP contribution >= 0.6 is 23.2 Å². The topological polar surface area (TPSA) is 86.8 Å². The number of hydrogen-bond acceptors (Lipinski definition) is 4. The molecule has 0 aromatic heterocycles. The van der Waals surface area contributed by atoms with E-state index in [-0.39, 0.29) is 29.1 Å². The highest BCUT2D eigenvalue weighted by molar-refractivity contribution is 7.92. The van der Waals surface area contributed by atoms with Gasteiger partial charge < -0.3 is 10.2 Å². The molecule has 34 heavy (non-hydrogen) atoms. The third-order valence-corrected chi connectivity index (χ3v) is 6.81. The summed E-state index contributed by atoms with van der Waals surface area (Å²) < 4.78 is 26.1. The van der Waals surface area contributed by atoms with Gasteiger partial charge >= 0.3 is 0 Å². The molecule has 0 bridgehead atoms. The minimum absolute atomic E-state index is 0.0960. The van der Waals surface area contributed by atoms with Crippen molar-refractivity contribution in [3.8, 4) is 0 Å². The molecule has 2 amide bonds. The molecule has 10 heteroatoms. The predicted octanol–water partition coefficient (Wildman–Crippen LogP) is 4.26. The van der Waals surface area contributed by atoms with Gasteiger partial charge in [0.1, 0.15) is 12.6 Å². The number of nitrogens with one attached hydrogen (secondary N) is 1. The van der Waals surface area contributed by atoms with Gasteiger partial charge in [0.05, 0.1) is 17.0 Å². The molecular formula is C24H31Cl2N3O4S. The molecule has 186 valence electrons. The lowest BCUT2D eigenvalue weighted by Gasteiger charge is -2.32. The van der Waals surface area contributed by atoms with Gasteiger partial charge in [0, 0.05) is 18.1 Å². The molecule has 2 aromatic carbocycles. The second kappa shape index (κ2) is 11.9. The first kappa shape index (κ1) is 28.0. The lowest BCUT2D eigenvalue weighted by atomic mass is 10.1. The lowest BCUT2D eigenvalue weighted by molar-refractivity contribution is -0.139. The lowest BCUT2D eigenvalue weighted by Crippen LogP contribution is -2.51. The Bertz CT molecular complexity index is 1140. The number of hydrogen-bond donors (Lipinski definition) is 1. The zero-order valence-corrected chi connectivity index (χ0v) is 22.3. The Hall–Kier alpha value is -2.29. The van der Waals surface area contributed by atoms with Crippen molar-refractivity contribution >= 4 is 50.7 Å². The van der Waals surface area contributed by atoms with Crippen molar-refractivity contribution in [2.75, 3.05) is 23.7 Å². The molecule has 0 fully saturated rings. The van der Waals surface area contributed by atoms with E-state index in [1.807, 2.05) is 45.0 Å². The number of carbonyl (C=O) groups excluding carboxylic acids is 2. The van der Waals surface area contributed by atoms with Crippen molar-refractivity contribution in [3.05, 3.63) is 63.6 Å². The Labute approximate surface area is 212 Å². The van der Waals surface area contributed by atoms with Gasteiger partial charge in [-0.2, -0.15) is 0 Å². The van der Waals surface area contributed by atoms with Crippen LogP contribution in [0, 0.1) is 12.8 Å². The number of aryl methyl sites for hydroxylation is 1. The Kier molecular flexibility index (Phi) is 9.79. The van der Waals surface area contributed by atoms with Crippen molar-refractivity contribution in [3.63, 3.8) is 0 Å².